The first-order valence-corrected chi connectivity index (χ1v) is 10.6. The predicted molar refractivity (Wildman–Crippen MR) is 107 cm³/mol. The normalized spacial score (nSPS) is 28.0. The van der Waals surface area contributed by atoms with Gasteiger partial charge in [0.25, 0.3) is 0 Å². The van der Waals surface area contributed by atoms with E-state index in [1.807, 2.05) is 6.92 Å². The van der Waals surface area contributed by atoms with Gasteiger partial charge < -0.3 is 10.5 Å². The van der Waals surface area contributed by atoms with E-state index in [-0.39, 0.29) is 33.1 Å². The summed E-state index contributed by atoms with van der Waals surface area (Å²) in [4.78, 5) is 8.22. The smallest absolute Gasteiger partial charge is 0.241 e. The standard InChI is InChI=1S/C19H22N6O3S/c1-11-4-5-13(29(26,27)24-19-8-18(3,9-19)28-10-19)6-14(11)15-7-21-17-16(20)22-12(2)23-25(15)17/h4-7,24H,8-10H2,1-3H3,(H2,20,22,23)/i1D3. The first-order valence-electron chi connectivity index (χ1n) is 10.6. The van der Waals surface area contributed by atoms with Crippen LogP contribution in [0.15, 0.2) is 29.3 Å². The number of nitrogens with one attached hydrogen (secondary N) is 1. The molecule has 1 saturated carbocycles. The Morgan fingerprint density at radius 2 is 2.17 bits per heavy atom. The average molecular weight is 418 g/mol. The maximum atomic E-state index is 13.2. The summed E-state index contributed by atoms with van der Waals surface area (Å²) in [6.07, 6.45) is 2.61. The Morgan fingerprint density at radius 1 is 1.38 bits per heavy atom. The molecule has 29 heavy (non-hydrogen) atoms. The minimum Gasteiger partial charge on any atom is -0.380 e. The topological polar surface area (TPSA) is 124 Å². The number of aromatic nitrogens is 4. The Kier molecular flexibility index (Phi) is 3.03. The largest absolute Gasteiger partial charge is 0.380 e. The molecule has 3 N–H and O–H groups in total. The zero-order valence-corrected chi connectivity index (χ0v) is 16.7. The second-order valence-electron chi connectivity index (χ2n) is 8.11. The minimum absolute atomic E-state index is 0.0216. The highest BCUT2D eigenvalue weighted by molar-refractivity contribution is 7.89. The molecule has 3 aromatic rings. The fraction of sp³-hybridized carbons (Fsp3) is 0.421. The lowest BCUT2D eigenvalue weighted by Crippen LogP contribution is -2.58. The molecular weight excluding hydrogens is 392 g/mol. The lowest BCUT2D eigenvalue weighted by molar-refractivity contribution is 0.0151. The Morgan fingerprint density at radius 3 is 2.86 bits per heavy atom. The van der Waals surface area contributed by atoms with Crippen molar-refractivity contribution < 1.29 is 17.3 Å². The molecule has 0 amide bonds. The summed E-state index contributed by atoms with van der Waals surface area (Å²) in [7, 11) is -3.94. The highest BCUT2D eigenvalue weighted by atomic mass is 32.2. The van der Waals surface area contributed by atoms with Crippen molar-refractivity contribution in [2.75, 3.05) is 12.3 Å². The summed E-state index contributed by atoms with van der Waals surface area (Å²) < 4.78 is 60.0. The molecule has 3 aliphatic rings. The number of sulfonamides is 1. The number of rotatable bonds is 4. The number of nitrogens with zero attached hydrogens (tertiary/aromatic N) is 4. The number of aryl methyl sites for hydroxylation is 2. The number of fused-ring (bicyclic) bond motifs is 2. The van der Waals surface area contributed by atoms with Crippen molar-refractivity contribution >= 4 is 21.5 Å². The van der Waals surface area contributed by atoms with Crippen molar-refractivity contribution in [2.24, 2.45) is 0 Å². The molecule has 0 radical (unpaired) electrons. The van der Waals surface area contributed by atoms with E-state index in [1.54, 1.807) is 6.92 Å². The van der Waals surface area contributed by atoms with Crippen molar-refractivity contribution in [3.8, 4) is 11.3 Å². The van der Waals surface area contributed by atoms with Gasteiger partial charge in [0, 0.05) is 9.68 Å². The van der Waals surface area contributed by atoms with Crippen LogP contribution in [-0.2, 0) is 14.8 Å². The monoisotopic (exact) mass is 417 g/mol. The van der Waals surface area contributed by atoms with Gasteiger partial charge in [-0.1, -0.05) is 6.07 Å². The number of ether oxygens (including phenoxy) is 1. The third kappa shape index (κ3) is 2.82. The molecule has 152 valence electrons. The van der Waals surface area contributed by atoms with Gasteiger partial charge in [-0.15, -0.1) is 0 Å². The van der Waals surface area contributed by atoms with E-state index >= 15 is 0 Å². The van der Waals surface area contributed by atoms with Gasteiger partial charge in [0.05, 0.1) is 34.5 Å². The van der Waals surface area contributed by atoms with E-state index in [2.05, 4.69) is 19.8 Å². The van der Waals surface area contributed by atoms with Crippen LogP contribution in [0.5, 0.6) is 0 Å². The van der Waals surface area contributed by atoms with Crippen LogP contribution in [0.1, 0.15) is 35.3 Å². The summed E-state index contributed by atoms with van der Waals surface area (Å²) in [6.45, 7) is 1.42. The van der Waals surface area contributed by atoms with E-state index in [4.69, 9.17) is 14.6 Å². The predicted octanol–water partition coefficient (Wildman–Crippen LogP) is 1.59. The Bertz CT molecular complexity index is 1360. The van der Waals surface area contributed by atoms with Gasteiger partial charge in [-0.05, 0) is 51.2 Å². The van der Waals surface area contributed by atoms with Crippen LogP contribution >= 0.6 is 0 Å². The lowest BCUT2D eigenvalue weighted by Gasteiger charge is -2.42. The summed E-state index contributed by atoms with van der Waals surface area (Å²) in [5.74, 6) is 0.501. The first kappa shape index (κ1) is 15.3. The summed E-state index contributed by atoms with van der Waals surface area (Å²) in [5.41, 5.74) is 5.73. The Balaban J connectivity index is 1.64. The minimum atomic E-state index is -3.94. The molecule has 0 atom stereocenters. The van der Waals surface area contributed by atoms with Gasteiger partial charge in [0.2, 0.25) is 10.0 Å². The van der Waals surface area contributed by atoms with E-state index in [0.29, 0.717) is 31.0 Å². The van der Waals surface area contributed by atoms with Crippen LogP contribution in [-0.4, -0.2) is 45.7 Å². The molecule has 1 aromatic carbocycles. The second kappa shape index (κ2) is 5.74. The molecule has 2 saturated heterocycles. The van der Waals surface area contributed by atoms with Crippen molar-refractivity contribution in [3.05, 3.63) is 35.8 Å². The van der Waals surface area contributed by atoms with Gasteiger partial charge in [-0.2, -0.15) is 5.10 Å². The van der Waals surface area contributed by atoms with Crippen molar-refractivity contribution in [2.45, 2.75) is 49.6 Å². The Hall–Kier alpha value is -2.56. The van der Waals surface area contributed by atoms with E-state index in [0.717, 1.165) is 0 Å². The molecule has 6 rings (SSSR count). The third-order valence-corrected chi connectivity index (χ3v) is 7.12. The van der Waals surface area contributed by atoms with E-state index < -0.39 is 22.4 Å². The van der Waals surface area contributed by atoms with Crippen LogP contribution in [0.3, 0.4) is 0 Å². The average Bonchev–Trinajstić information content (AvgIpc) is 3.30. The highest BCUT2D eigenvalue weighted by Gasteiger charge is 2.61. The zero-order valence-electron chi connectivity index (χ0n) is 18.9. The quantitative estimate of drug-likeness (QED) is 0.660. The molecule has 2 bridgehead atoms. The number of hydrogen-bond donors (Lipinski definition) is 2. The number of imidazole rings is 1. The van der Waals surface area contributed by atoms with E-state index in [1.165, 1.54) is 28.9 Å². The van der Waals surface area contributed by atoms with Crippen molar-refractivity contribution in [3.63, 3.8) is 0 Å². The lowest BCUT2D eigenvalue weighted by atomic mass is 9.70. The second-order valence-corrected chi connectivity index (χ2v) is 9.79. The third-order valence-electron chi connectivity index (χ3n) is 5.54. The molecule has 4 heterocycles. The van der Waals surface area contributed by atoms with Gasteiger partial charge in [-0.25, -0.2) is 27.6 Å². The number of nitrogens with two attached hydrogens (primary N) is 1. The molecule has 9 nitrogen and oxygen atoms in total. The van der Waals surface area contributed by atoms with Gasteiger partial charge in [0.15, 0.2) is 11.5 Å². The molecule has 3 fully saturated rings. The van der Waals surface area contributed by atoms with Crippen LogP contribution in [0, 0.1) is 13.8 Å². The fourth-order valence-corrected chi connectivity index (χ4v) is 5.85. The molecule has 0 unspecified atom stereocenters. The maximum Gasteiger partial charge on any atom is 0.241 e. The molecule has 10 heteroatoms. The van der Waals surface area contributed by atoms with E-state index in [9.17, 15) is 8.42 Å². The van der Waals surface area contributed by atoms with Crippen LogP contribution in [0.4, 0.5) is 5.82 Å². The zero-order chi connectivity index (χ0) is 23.1. The van der Waals surface area contributed by atoms with Crippen molar-refractivity contribution in [1.29, 1.82) is 0 Å². The SMILES string of the molecule is [2H]C([2H])([2H])c1ccc(S(=O)(=O)NC23COC(C)(C2)C3)cc1-c1cnc2c(N)nc(C)nn12. The number of benzene rings is 1. The fourth-order valence-electron chi connectivity index (χ4n) is 4.44. The van der Waals surface area contributed by atoms with Gasteiger partial charge in [0.1, 0.15) is 5.82 Å². The molecule has 2 aromatic heterocycles. The first-order chi connectivity index (χ1) is 14.8. The molecule has 2 aliphatic heterocycles. The highest BCUT2D eigenvalue weighted by Crippen LogP contribution is 2.51. The molecule has 0 spiro atoms. The van der Waals surface area contributed by atoms with Crippen LogP contribution < -0.4 is 10.5 Å². The van der Waals surface area contributed by atoms with Crippen molar-refractivity contribution in [1.82, 2.24) is 24.3 Å². The Labute approximate surface area is 172 Å². The van der Waals surface area contributed by atoms with Crippen LogP contribution in [0.25, 0.3) is 16.9 Å². The number of hydrogen-bond acceptors (Lipinski definition) is 7. The number of nitrogen functional groups attached to an aromatic ring is 1. The molecule has 1 aliphatic carbocycles. The summed E-state index contributed by atoms with van der Waals surface area (Å²) in [5, 5.41) is 4.29. The number of anilines is 1. The molecular formula is C19H22N6O3S. The van der Waals surface area contributed by atoms with Gasteiger partial charge >= 0.3 is 0 Å². The maximum absolute atomic E-state index is 13.2. The summed E-state index contributed by atoms with van der Waals surface area (Å²) in [6, 6.07) is 3.95. The summed E-state index contributed by atoms with van der Waals surface area (Å²) >= 11 is 0. The van der Waals surface area contributed by atoms with Crippen LogP contribution in [0.2, 0.25) is 0 Å². The van der Waals surface area contributed by atoms with Gasteiger partial charge in [-0.3, -0.25) is 0 Å².